The number of carbonyl (C=O) groups is 1. The first-order valence-electron chi connectivity index (χ1n) is 4.82. The van der Waals surface area contributed by atoms with E-state index in [4.69, 9.17) is 10.00 Å². The first-order valence-corrected chi connectivity index (χ1v) is 4.82. The summed E-state index contributed by atoms with van der Waals surface area (Å²) in [6, 6.07) is 2.12. The molecule has 1 unspecified atom stereocenters. The van der Waals surface area contributed by atoms with Crippen molar-refractivity contribution in [1.29, 1.82) is 5.26 Å². The van der Waals surface area contributed by atoms with Crippen LogP contribution in [0.1, 0.15) is 20.3 Å². The third kappa shape index (κ3) is 4.83. The molecule has 0 N–H and O–H groups in total. The van der Waals surface area contributed by atoms with Crippen LogP contribution in [0.4, 0.5) is 0 Å². The second kappa shape index (κ2) is 7.34. The van der Waals surface area contributed by atoms with Crippen LogP contribution in [-0.2, 0) is 9.53 Å². The maximum Gasteiger partial charge on any atom is 0.224 e. The molecule has 0 aliphatic carbocycles. The molecule has 0 radical (unpaired) electrons. The standard InChI is InChI=1S/C10H18N2O2/c1-4-12(8-9(2)7-11)10(13)5-6-14-3/h9H,4-6,8H2,1-3H3. The molecule has 0 saturated carbocycles. The van der Waals surface area contributed by atoms with Crippen LogP contribution in [0.5, 0.6) is 0 Å². The van der Waals surface area contributed by atoms with E-state index in [1.54, 1.807) is 12.0 Å². The van der Waals surface area contributed by atoms with Crippen molar-refractivity contribution in [2.75, 3.05) is 26.8 Å². The van der Waals surface area contributed by atoms with E-state index in [1.165, 1.54) is 0 Å². The topological polar surface area (TPSA) is 53.3 Å². The summed E-state index contributed by atoms with van der Waals surface area (Å²) in [6.07, 6.45) is 0.391. The Hall–Kier alpha value is -1.08. The van der Waals surface area contributed by atoms with Gasteiger partial charge in [-0.3, -0.25) is 4.79 Å². The second-order valence-corrected chi connectivity index (χ2v) is 3.21. The van der Waals surface area contributed by atoms with Gasteiger partial charge in [-0.05, 0) is 13.8 Å². The summed E-state index contributed by atoms with van der Waals surface area (Å²) in [5.74, 6) is -0.0575. The molecule has 80 valence electrons. The van der Waals surface area contributed by atoms with E-state index in [9.17, 15) is 4.79 Å². The van der Waals surface area contributed by atoms with Crippen molar-refractivity contribution < 1.29 is 9.53 Å². The summed E-state index contributed by atoms with van der Waals surface area (Å²) >= 11 is 0. The fraction of sp³-hybridized carbons (Fsp3) is 0.800. The van der Waals surface area contributed by atoms with Crippen molar-refractivity contribution in [3.05, 3.63) is 0 Å². The number of methoxy groups -OCH3 is 1. The molecule has 1 atom stereocenters. The van der Waals surface area contributed by atoms with Crippen LogP contribution in [0.25, 0.3) is 0 Å². The molecule has 14 heavy (non-hydrogen) atoms. The van der Waals surface area contributed by atoms with Crippen molar-refractivity contribution in [3.63, 3.8) is 0 Å². The minimum atomic E-state index is -0.110. The number of rotatable bonds is 6. The lowest BCUT2D eigenvalue weighted by molar-refractivity contribution is -0.132. The molecule has 4 heteroatoms. The van der Waals surface area contributed by atoms with E-state index >= 15 is 0 Å². The van der Waals surface area contributed by atoms with Gasteiger partial charge < -0.3 is 9.64 Å². The van der Waals surface area contributed by atoms with Crippen molar-refractivity contribution >= 4 is 5.91 Å². The van der Waals surface area contributed by atoms with E-state index in [-0.39, 0.29) is 11.8 Å². The van der Waals surface area contributed by atoms with Crippen molar-refractivity contribution in [2.45, 2.75) is 20.3 Å². The van der Waals surface area contributed by atoms with Gasteiger partial charge in [-0.1, -0.05) is 0 Å². The lowest BCUT2D eigenvalue weighted by atomic mass is 10.2. The average molecular weight is 198 g/mol. The maximum atomic E-state index is 11.5. The van der Waals surface area contributed by atoms with Crippen molar-refractivity contribution in [2.24, 2.45) is 5.92 Å². The van der Waals surface area contributed by atoms with Gasteiger partial charge in [0.25, 0.3) is 0 Å². The number of carbonyl (C=O) groups excluding carboxylic acids is 1. The monoisotopic (exact) mass is 198 g/mol. The molecule has 0 bridgehead atoms. The Bertz CT molecular complexity index is 211. The van der Waals surface area contributed by atoms with Crippen LogP contribution in [-0.4, -0.2) is 37.6 Å². The third-order valence-electron chi connectivity index (χ3n) is 1.97. The highest BCUT2D eigenvalue weighted by Crippen LogP contribution is 2.01. The molecule has 1 amide bonds. The van der Waals surface area contributed by atoms with E-state index in [1.807, 2.05) is 13.8 Å². The Kier molecular flexibility index (Phi) is 6.77. The molecule has 4 nitrogen and oxygen atoms in total. The molecule has 0 heterocycles. The molecule has 0 saturated heterocycles. The zero-order chi connectivity index (χ0) is 11.0. The lowest BCUT2D eigenvalue weighted by Gasteiger charge is -2.21. The van der Waals surface area contributed by atoms with Crippen LogP contribution in [0.15, 0.2) is 0 Å². The van der Waals surface area contributed by atoms with E-state index < -0.39 is 0 Å². The number of nitriles is 1. The molecule has 0 aromatic rings. The predicted octanol–water partition coefficient (Wildman–Crippen LogP) is 1.03. The fourth-order valence-electron chi connectivity index (χ4n) is 1.13. The van der Waals surface area contributed by atoms with Gasteiger partial charge in [0.05, 0.1) is 25.0 Å². The number of hydrogen-bond donors (Lipinski definition) is 0. The molecule has 0 aliphatic rings. The highest BCUT2D eigenvalue weighted by Gasteiger charge is 2.13. The summed E-state index contributed by atoms with van der Waals surface area (Å²) in [7, 11) is 1.57. The number of amides is 1. The molecule has 0 fully saturated rings. The SMILES string of the molecule is CCN(CC(C)C#N)C(=O)CCOC. The summed E-state index contributed by atoms with van der Waals surface area (Å²) in [4.78, 5) is 13.2. The van der Waals surface area contributed by atoms with E-state index in [0.717, 1.165) is 0 Å². The van der Waals surface area contributed by atoms with Gasteiger partial charge in [0.2, 0.25) is 5.91 Å². The Balaban J connectivity index is 4.00. The van der Waals surface area contributed by atoms with E-state index in [0.29, 0.717) is 26.1 Å². The van der Waals surface area contributed by atoms with Crippen LogP contribution >= 0.6 is 0 Å². The lowest BCUT2D eigenvalue weighted by Crippen LogP contribution is -2.34. The van der Waals surface area contributed by atoms with Crippen LogP contribution in [0.2, 0.25) is 0 Å². The first kappa shape index (κ1) is 12.9. The second-order valence-electron chi connectivity index (χ2n) is 3.21. The van der Waals surface area contributed by atoms with Gasteiger partial charge in [0.15, 0.2) is 0 Å². The minimum Gasteiger partial charge on any atom is -0.384 e. The average Bonchev–Trinajstić information content (AvgIpc) is 2.21. The molecule has 0 aromatic heterocycles. The molecule has 0 aromatic carbocycles. The third-order valence-corrected chi connectivity index (χ3v) is 1.97. The quantitative estimate of drug-likeness (QED) is 0.640. The van der Waals surface area contributed by atoms with Crippen molar-refractivity contribution in [1.82, 2.24) is 4.90 Å². The molecular weight excluding hydrogens is 180 g/mol. The highest BCUT2D eigenvalue weighted by molar-refractivity contribution is 5.76. The minimum absolute atomic E-state index is 0.0523. The van der Waals surface area contributed by atoms with Gasteiger partial charge in [-0.15, -0.1) is 0 Å². The Labute approximate surface area is 85.5 Å². The Morgan fingerprint density at radius 1 is 1.64 bits per heavy atom. The van der Waals surface area contributed by atoms with Crippen LogP contribution < -0.4 is 0 Å². The number of nitrogens with zero attached hydrogens (tertiary/aromatic N) is 2. The highest BCUT2D eigenvalue weighted by atomic mass is 16.5. The van der Waals surface area contributed by atoms with Crippen LogP contribution in [0, 0.1) is 17.2 Å². The summed E-state index contributed by atoms with van der Waals surface area (Å²) in [5.41, 5.74) is 0. The van der Waals surface area contributed by atoms with Gasteiger partial charge in [0.1, 0.15) is 0 Å². The smallest absolute Gasteiger partial charge is 0.224 e. The van der Waals surface area contributed by atoms with Gasteiger partial charge in [0, 0.05) is 20.2 Å². The number of ether oxygens (including phenoxy) is 1. The summed E-state index contributed by atoms with van der Waals surface area (Å²) in [6.45, 7) is 5.32. The van der Waals surface area contributed by atoms with Gasteiger partial charge in [-0.25, -0.2) is 0 Å². The predicted molar refractivity (Wildman–Crippen MR) is 53.5 cm³/mol. The van der Waals surface area contributed by atoms with Crippen LogP contribution in [0.3, 0.4) is 0 Å². The Morgan fingerprint density at radius 2 is 2.29 bits per heavy atom. The maximum absolute atomic E-state index is 11.5. The molecule has 0 rings (SSSR count). The molecule has 0 spiro atoms. The Morgan fingerprint density at radius 3 is 2.71 bits per heavy atom. The zero-order valence-corrected chi connectivity index (χ0v) is 9.12. The zero-order valence-electron chi connectivity index (χ0n) is 9.12. The molecule has 0 aliphatic heterocycles. The number of hydrogen-bond acceptors (Lipinski definition) is 3. The van der Waals surface area contributed by atoms with E-state index in [2.05, 4.69) is 6.07 Å². The fourth-order valence-corrected chi connectivity index (χ4v) is 1.13. The largest absolute Gasteiger partial charge is 0.384 e. The summed E-state index contributed by atoms with van der Waals surface area (Å²) in [5, 5.41) is 8.62. The first-order chi connectivity index (χ1) is 6.65. The normalized spacial score (nSPS) is 11.9. The van der Waals surface area contributed by atoms with Gasteiger partial charge in [-0.2, -0.15) is 5.26 Å². The van der Waals surface area contributed by atoms with Crippen molar-refractivity contribution in [3.8, 4) is 6.07 Å². The summed E-state index contributed by atoms with van der Waals surface area (Å²) < 4.78 is 4.83. The molecular formula is C10H18N2O2. The van der Waals surface area contributed by atoms with Gasteiger partial charge >= 0.3 is 0 Å².